The van der Waals surface area contributed by atoms with Crippen LogP contribution in [0.2, 0.25) is 0 Å². The van der Waals surface area contributed by atoms with E-state index < -0.39 is 16.1 Å². The first-order valence-corrected chi connectivity index (χ1v) is 9.11. The minimum Gasteiger partial charge on any atom is -0.302 e. The van der Waals surface area contributed by atoms with Gasteiger partial charge in [0.2, 0.25) is 10.0 Å². The number of aldehydes is 1. The van der Waals surface area contributed by atoms with E-state index in [4.69, 9.17) is 0 Å². The van der Waals surface area contributed by atoms with Gasteiger partial charge in [-0.1, -0.05) is 54.1 Å². The number of aryl methyl sites for hydroxylation is 1. The average molecular weight is 343 g/mol. The van der Waals surface area contributed by atoms with Crippen LogP contribution in [0.5, 0.6) is 0 Å². The van der Waals surface area contributed by atoms with E-state index in [0.717, 1.165) is 11.1 Å². The Morgan fingerprint density at radius 3 is 2.25 bits per heavy atom. The zero-order chi connectivity index (χ0) is 17.6. The Labute approximate surface area is 143 Å². The van der Waals surface area contributed by atoms with Gasteiger partial charge >= 0.3 is 0 Å². The summed E-state index contributed by atoms with van der Waals surface area (Å²) in [6.45, 7) is 5.59. The summed E-state index contributed by atoms with van der Waals surface area (Å²) in [5, 5.41) is 0. The van der Waals surface area contributed by atoms with Gasteiger partial charge in [-0.15, -0.1) is 6.58 Å². The predicted molar refractivity (Wildman–Crippen MR) is 95.3 cm³/mol. The maximum atomic E-state index is 12.9. The molecule has 0 saturated carbocycles. The number of rotatable bonds is 8. The molecule has 0 radical (unpaired) electrons. The molecule has 0 fully saturated rings. The van der Waals surface area contributed by atoms with Crippen LogP contribution in [0, 0.1) is 6.92 Å². The summed E-state index contributed by atoms with van der Waals surface area (Å²) < 4.78 is 27.1. The molecule has 24 heavy (non-hydrogen) atoms. The van der Waals surface area contributed by atoms with Gasteiger partial charge in [-0.05, 0) is 31.0 Å². The van der Waals surface area contributed by atoms with Crippen LogP contribution in [0.15, 0.2) is 72.1 Å². The summed E-state index contributed by atoms with van der Waals surface area (Å²) in [5.74, 6) is 0. The van der Waals surface area contributed by atoms with Crippen molar-refractivity contribution >= 4 is 16.3 Å². The number of hydrogen-bond donors (Lipinski definition) is 0. The SMILES string of the molecule is C=CCN([C@H](C=O)Cc1ccccc1)S(=O)(=O)c1ccc(C)cc1. The summed E-state index contributed by atoms with van der Waals surface area (Å²) in [6, 6.07) is 15.2. The van der Waals surface area contributed by atoms with Crippen LogP contribution in [0.3, 0.4) is 0 Å². The van der Waals surface area contributed by atoms with Crippen molar-refractivity contribution in [3.63, 3.8) is 0 Å². The lowest BCUT2D eigenvalue weighted by molar-refractivity contribution is -0.110. The Bertz CT molecular complexity index is 783. The fourth-order valence-electron chi connectivity index (χ4n) is 2.46. The van der Waals surface area contributed by atoms with E-state index in [-0.39, 0.29) is 11.4 Å². The predicted octanol–water partition coefficient (Wildman–Crippen LogP) is 2.98. The molecule has 126 valence electrons. The van der Waals surface area contributed by atoms with Crippen molar-refractivity contribution in [3.8, 4) is 0 Å². The molecule has 2 aromatic rings. The maximum Gasteiger partial charge on any atom is 0.244 e. The summed E-state index contributed by atoms with van der Waals surface area (Å²) in [6.07, 6.45) is 2.50. The lowest BCUT2D eigenvalue weighted by atomic mass is 10.1. The lowest BCUT2D eigenvalue weighted by Crippen LogP contribution is -2.42. The van der Waals surface area contributed by atoms with Crippen molar-refractivity contribution in [2.75, 3.05) is 6.54 Å². The molecule has 0 amide bonds. The Morgan fingerprint density at radius 2 is 1.71 bits per heavy atom. The van der Waals surface area contributed by atoms with Crippen LogP contribution in [0.1, 0.15) is 11.1 Å². The van der Waals surface area contributed by atoms with Gasteiger partial charge in [0.15, 0.2) is 0 Å². The first-order valence-electron chi connectivity index (χ1n) is 7.67. The Morgan fingerprint density at radius 1 is 1.08 bits per heavy atom. The molecule has 2 aromatic carbocycles. The molecule has 5 heteroatoms. The average Bonchev–Trinajstić information content (AvgIpc) is 2.59. The second-order valence-corrected chi connectivity index (χ2v) is 7.46. The molecule has 0 saturated heterocycles. The largest absolute Gasteiger partial charge is 0.302 e. The quantitative estimate of drug-likeness (QED) is 0.547. The zero-order valence-corrected chi connectivity index (χ0v) is 14.4. The Balaban J connectivity index is 2.36. The van der Waals surface area contributed by atoms with Gasteiger partial charge in [0, 0.05) is 6.54 Å². The summed E-state index contributed by atoms with van der Waals surface area (Å²) in [7, 11) is -3.78. The van der Waals surface area contributed by atoms with E-state index in [9.17, 15) is 13.2 Å². The van der Waals surface area contributed by atoms with Crippen LogP contribution in [0.4, 0.5) is 0 Å². The molecular weight excluding hydrogens is 322 g/mol. The van der Waals surface area contributed by atoms with Crippen LogP contribution >= 0.6 is 0 Å². The van der Waals surface area contributed by atoms with E-state index in [1.54, 1.807) is 24.3 Å². The first kappa shape index (κ1) is 18.1. The third-order valence-corrected chi connectivity index (χ3v) is 5.66. The van der Waals surface area contributed by atoms with Crippen molar-refractivity contribution in [1.29, 1.82) is 0 Å². The first-order chi connectivity index (χ1) is 11.5. The van der Waals surface area contributed by atoms with E-state index >= 15 is 0 Å². The molecule has 0 aliphatic carbocycles. The van der Waals surface area contributed by atoms with Gasteiger partial charge < -0.3 is 4.79 Å². The van der Waals surface area contributed by atoms with Crippen molar-refractivity contribution < 1.29 is 13.2 Å². The highest BCUT2D eigenvalue weighted by Gasteiger charge is 2.30. The molecule has 0 N–H and O–H groups in total. The highest BCUT2D eigenvalue weighted by atomic mass is 32.2. The van der Waals surface area contributed by atoms with Gasteiger partial charge in [0.05, 0.1) is 10.9 Å². The number of carbonyl (C=O) groups is 1. The van der Waals surface area contributed by atoms with Crippen LogP contribution < -0.4 is 0 Å². The highest BCUT2D eigenvalue weighted by Crippen LogP contribution is 2.20. The van der Waals surface area contributed by atoms with E-state index in [2.05, 4.69) is 6.58 Å². The molecule has 0 aliphatic rings. The number of nitrogens with zero attached hydrogens (tertiary/aromatic N) is 1. The fourth-order valence-corrected chi connectivity index (χ4v) is 3.99. The highest BCUT2D eigenvalue weighted by molar-refractivity contribution is 7.89. The summed E-state index contributed by atoms with van der Waals surface area (Å²) >= 11 is 0. The van der Waals surface area contributed by atoms with Crippen molar-refractivity contribution in [1.82, 2.24) is 4.31 Å². The molecule has 2 rings (SSSR count). The number of sulfonamides is 1. The van der Waals surface area contributed by atoms with Gasteiger partial charge in [-0.2, -0.15) is 4.31 Å². The van der Waals surface area contributed by atoms with Crippen molar-refractivity contribution in [2.45, 2.75) is 24.3 Å². The number of benzene rings is 2. The summed E-state index contributed by atoms with van der Waals surface area (Å²) in [4.78, 5) is 11.8. The van der Waals surface area contributed by atoms with E-state index in [1.807, 2.05) is 37.3 Å². The standard InChI is InChI=1S/C19H21NO3S/c1-3-13-20(18(15-21)14-17-7-5-4-6-8-17)24(22,23)19-11-9-16(2)10-12-19/h3-12,15,18H,1,13-14H2,2H3/t18-/m0/s1. The van der Waals surface area contributed by atoms with Crippen molar-refractivity contribution in [3.05, 3.63) is 78.4 Å². The molecule has 0 heterocycles. The number of hydrogen-bond acceptors (Lipinski definition) is 3. The van der Waals surface area contributed by atoms with Crippen LogP contribution in [-0.2, 0) is 21.2 Å². The van der Waals surface area contributed by atoms with E-state index in [1.165, 1.54) is 10.4 Å². The van der Waals surface area contributed by atoms with Crippen molar-refractivity contribution in [2.24, 2.45) is 0 Å². The lowest BCUT2D eigenvalue weighted by Gasteiger charge is -2.26. The third kappa shape index (κ3) is 4.19. The third-order valence-electron chi connectivity index (χ3n) is 3.75. The van der Waals surface area contributed by atoms with Gasteiger partial charge in [-0.25, -0.2) is 8.42 Å². The monoisotopic (exact) mass is 343 g/mol. The molecule has 0 aromatic heterocycles. The topological polar surface area (TPSA) is 54.5 Å². The second-order valence-electron chi connectivity index (χ2n) is 5.57. The molecule has 4 nitrogen and oxygen atoms in total. The maximum absolute atomic E-state index is 12.9. The minimum absolute atomic E-state index is 0.0758. The second kappa shape index (κ2) is 8.04. The molecule has 0 bridgehead atoms. The molecule has 0 aliphatic heterocycles. The summed E-state index contributed by atoms with van der Waals surface area (Å²) in [5.41, 5.74) is 1.88. The van der Waals surface area contributed by atoms with Crippen LogP contribution in [0.25, 0.3) is 0 Å². The Kier molecular flexibility index (Phi) is 6.06. The molecular formula is C19H21NO3S. The molecule has 1 atom stereocenters. The molecule has 0 unspecified atom stereocenters. The van der Waals surface area contributed by atoms with Gasteiger partial charge in [0.25, 0.3) is 0 Å². The normalized spacial score (nSPS) is 12.8. The van der Waals surface area contributed by atoms with E-state index in [0.29, 0.717) is 12.7 Å². The smallest absolute Gasteiger partial charge is 0.244 e. The fraction of sp³-hybridized carbons (Fsp3) is 0.211. The van der Waals surface area contributed by atoms with Crippen LogP contribution in [-0.4, -0.2) is 31.6 Å². The van der Waals surface area contributed by atoms with Gasteiger partial charge in [-0.3, -0.25) is 0 Å². The number of carbonyl (C=O) groups excluding carboxylic acids is 1. The molecule has 0 spiro atoms. The zero-order valence-electron chi connectivity index (χ0n) is 13.6. The minimum atomic E-state index is -3.78. The van der Waals surface area contributed by atoms with Gasteiger partial charge in [0.1, 0.15) is 6.29 Å². The Hall–Kier alpha value is -2.24.